The first-order chi connectivity index (χ1) is 14.4. The van der Waals surface area contributed by atoms with E-state index in [1.54, 1.807) is 12.1 Å². The number of benzene rings is 2. The number of rotatable bonds is 10. The molecule has 0 aromatic heterocycles. The summed E-state index contributed by atoms with van der Waals surface area (Å²) in [4.78, 5) is 7.74. The predicted molar refractivity (Wildman–Crippen MR) is 116 cm³/mol. The Morgan fingerprint density at radius 3 is 2.67 bits per heavy atom. The maximum absolute atomic E-state index is 13.2. The van der Waals surface area contributed by atoms with Gasteiger partial charge in [-0.3, -0.25) is 4.90 Å². The van der Waals surface area contributed by atoms with Crippen LogP contribution < -0.4 is 0 Å². The molecule has 0 aliphatic carbocycles. The Kier molecular flexibility index (Phi) is 8.22. The van der Waals surface area contributed by atoms with Crippen molar-refractivity contribution in [3.05, 3.63) is 70.5 Å². The van der Waals surface area contributed by atoms with Crippen molar-refractivity contribution >= 4 is 17.3 Å². The van der Waals surface area contributed by atoms with Gasteiger partial charge in [-0.1, -0.05) is 47.1 Å². The van der Waals surface area contributed by atoms with Gasteiger partial charge in [0, 0.05) is 31.1 Å². The van der Waals surface area contributed by atoms with Crippen LogP contribution in [0, 0.1) is 5.82 Å². The number of nitrogens with zero attached hydrogens (tertiary/aromatic N) is 2. The zero-order chi connectivity index (χ0) is 21.5. The first-order valence-electron chi connectivity index (χ1n) is 10.1. The first-order valence-corrected chi connectivity index (χ1v) is 10.5. The van der Waals surface area contributed by atoms with E-state index in [1.165, 1.54) is 12.1 Å². The lowest BCUT2D eigenvalue weighted by Gasteiger charge is -2.27. The van der Waals surface area contributed by atoms with Gasteiger partial charge in [0.15, 0.2) is 0 Å². The van der Waals surface area contributed by atoms with Crippen LogP contribution in [0.3, 0.4) is 0 Å². The predicted octanol–water partition coefficient (Wildman–Crippen LogP) is 4.26. The van der Waals surface area contributed by atoms with Gasteiger partial charge < -0.3 is 14.7 Å². The zero-order valence-corrected chi connectivity index (χ0v) is 18.1. The largest absolute Gasteiger partial charge is 0.390 e. The number of aliphatic hydroxyl groups excluding tert-OH is 1. The van der Waals surface area contributed by atoms with Crippen molar-refractivity contribution in [2.24, 2.45) is 5.16 Å². The molecule has 0 spiro atoms. The standard InChI is InChI=1S/C23H28ClFN2O3/c1-16(2)29-15-20(28)13-27(12-18-5-3-4-6-22(18)24)14-21-11-23(26-30-21)17-7-9-19(25)10-8-17/h3-10,16,20-21,28H,11-15H2,1-2H3/t20-,21-/m0/s1. The highest BCUT2D eigenvalue weighted by Gasteiger charge is 2.26. The third kappa shape index (κ3) is 6.77. The van der Waals surface area contributed by atoms with E-state index in [2.05, 4.69) is 10.1 Å². The maximum atomic E-state index is 13.2. The number of oxime groups is 1. The van der Waals surface area contributed by atoms with Crippen LogP contribution in [0.5, 0.6) is 0 Å². The lowest BCUT2D eigenvalue weighted by atomic mass is 10.0. The van der Waals surface area contributed by atoms with E-state index in [-0.39, 0.29) is 24.6 Å². The quantitative estimate of drug-likeness (QED) is 0.607. The summed E-state index contributed by atoms with van der Waals surface area (Å²) in [6, 6.07) is 13.9. The molecule has 1 N–H and O–H groups in total. The second-order valence-electron chi connectivity index (χ2n) is 7.80. The Hall–Kier alpha value is -1.99. The van der Waals surface area contributed by atoms with Gasteiger partial charge in [0.2, 0.25) is 0 Å². The fourth-order valence-electron chi connectivity index (χ4n) is 3.35. The minimum absolute atomic E-state index is 0.0569. The van der Waals surface area contributed by atoms with E-state index in [9.17, 15) is 9.50 Å². The Morgan fingerprint density at radius 2 is 1.97 bits per heavy atom. The summed E-state index contributed by atoms with van der Waals surface area (Å²) in [5, 5.41) is 15.3. The molecule has 1 aliphatic heterocycles. The van der Waals surface area contributed by atoms with Crippen LogP contribution in [0.2, 0.25) is 5.02 Å². The van der Waals surface area contributed by atoms with Crippen molar-refractivity contribution in [1.29, 1.82) is 0 Å². The monoisotopic (exact) mass is 434 g/mol. The molecule has 2 atom stereocenters. The smallest absolute Gasteiger partial charge is 0.145 e. The second kappa shape index (κ2) is 10.9. The Bertz CT molecular complexity index is 845. The average Bonchev–Trinajstić information content (AvgIpc) is 3.17. The first kappa shape index (κ1) is 22.7. The third-order valence-corrected chi connectivity index (χ3v) is 5.18. The summed E-state index contributed by atoms with van der Waals surface area (Å²) < 4.78 is 18.7. The minimum atomic E-state index is -0.631. The van der Waals surface area contributed by atoms with Crippen LogP contribution >= 0.6 is 11.6 Å². The van der Waals surface area contributed by atoms with Gasteiger partial charge in [0.25, 0.3) is 0 Å². The Balaban J connectivity index is 1.63. The zero-order valence-electron chi connectivity index (χ0n) is 17.3. The highest BCUT2D eigenvalue weighted by atomic mass is 35.5. The molecular weight excluding hydrogens is 407 g/mol. The molecule has 162 valence electrons. The molecular formula is C23H28ClFN2O3. The summed E-state index contributed by atoms with van der Waals surface area (Å²) in [6.45, 7) is 5.70. The molecule has 0 radical (unpaired) electrons. The maximum Gasteiger partial charge on any atom is 0.145 e. The van der Waals surface area contributed by atoms with Crippen molar-refractivity contribution in [3.63, 3.8) is 0 Å². The summed E-state index contributed by atoms with van der Waals surface area (Å²) in [6.07, 6.45) is -0.121. The third-order valence-electron chi connectivity index (χ3n) is 4.81. The Labute approximate surface area is 182 Å². The van der Waals surface area contributed by atoms with Crippen LogP contribution in [0.4, 0.5) is 4.39 Å². The minimum Gasteiger partial charge on any atom is -0.390 e. The van der Waals surface area contributed by atoms with Crippen molar-refractivity contribution in [2.45, 2.75) is 45.1 Å². The van der Waals surface area contributed by atoms with Crippen LogP contribution in [0.15, 0.2) is 53.7 Å². The fourth-order valence-corrected chi connectivity index (χ4v) is 3.55. The molecule has 0 saturated carbocycles. The molecule has 3 rings (SSSR count). The fraction of sp³-hybridized carbons (Fsp3) is 0.435. The summed E-state index contributed by atoms with van der Waals surface area (Å²) in [7, 11) is 0. The van der Waals surface area contributed by atoms with E-state index >= 15 is 0 Å². The van der Waals surface area contributed by atoms with Gasteiger partial charge in [-0.25, -0.2) is 4.39 Å². The average molecular weight is 435 g/mol. The molecule has 2 aromatic carbocycles. The summed E-state index contributed by atoms with van der Waals surface area (Å²) in [5.41, 5.74) is 2.62. The van der Waals surface area contributed by atoms with Crippen LogP contribution in [0.1, 0.15) is 31.4 Å². The summed E-state index contributed by atoms with van der Waals surface area (Å²) >= 11 is 6.34. The van der Waals surface area contributed by atoms with E-state index in [0.29, 0.717) is 31.1 Å². The molecule has 2 aromatic rings. The van der Waals surface area contributed by atoms with Crippen LogP contribution in [-0.4, -0.2) is 53.7 Å². The van der Waals surface area contributed by atoms with Gasteiger partial charge >= 0.3 is 0 Å². The highest BCUT2D eigenvalue weighted by molar-refractivity contribution is 6.31. The number of ether oxygens (including phenoxy) is 1. The van der Waals surface area contributed by atoms with Crippen molar-refractivity contribution in [3.8, 4) is 0 Å². The molecule has 0 amide bonds. The molecule has 0 saturated heterocycles. The molecule has 5 nitrogen and oxygen atoms in total. The van der Waals surface area contributed by atoms with Gasteiger partial charge in [-0.15, -0.1) is 0 Å². The van der Waals surface area contributed by atoms with E-state index in [1.807, 2.05) is 38.1 Å². The molecule has 0 unspecified atom stereocenters. The van der Waals surface area contributed by atoms with Crippen molar-refractivity contribution in [1.82, 2.24) is 4.90 Å². The Morgan fingerprint density at radius 1 is 1.23 bits per heavy atom. The second-order valence-corrected chi connectivity index (χ2v) is 8.21. The van der Waals surface area contributed by atoms with Crippen LogP contribution in [0.25, 0.3) is 0 Å². The topological polar surface area (TPSA) is 54.3 Å². The molecule has 0 bridgehead atoms. The van der Waals surface area contributed by atoms with Crippen molar-refractivity contribution < 1.29 is 19.1 Å². The molecule has 7 heteroatoms. The SMILES string of the molecule is CC(C)OC[C@@H](O)CN(Cc1ccccc1Cl)C[C@@H]1CC(c2ccc(F)cc2)=NO1. The lowest BCUT2D eigenvalue weighted by Crippen LogP contribution is -2.39. The van der Waals surface area contributed by atoms with E-state index in [0.717, 1.165) is 16.8 Å². The number of halogens is 2. The molecule has 1 heterocycles. The molecule has 0 fully saturated rings. The number of hydrogen-bond donors (Lipinski definition) is 1. The van der Waals surface area contributed by atoms with Crippen molar-refractivity contribution in [2.75, 3.05) is 19.7 Å². The van der Waals surface area contributed by atoms with Gasteiger partial charge in [-0.05, 0) is 43.2 Å². The van der Waals surface area contributed by atoms with E-state index < -0.39 is 6.10 Å². The molecule has 1 aliphatic rings. The molecule has 30 heavy (non-hydrogen) atoms. The highest BCUT2D eigenvalue weighted by Crippen LogP contribution is 2.21. The lowest BCUT2D eigenvalue weighted by molar-refractivity contribution is -0.0194. The number of hydrogen-bond acceptors (Lipinski definition) is 5. The van der Waals surface area contributed by atoms with E-state index in [4.69, 9.17) is 21.2 Å². The van der Waals surface area contributed by atoms with Crippen LogP contribution in [-0.2, 0) is 16.1 Å². The van der Waals surface area contributed by atoms with Gasteiger partial charge in [-0.2, -0.15) is 0 Å². The number of aliphatic hydroxyl groups is 1. The normalized spacial score (nSPS) is 17.3. The van der Waals surface area contributed by atoms with Gasteiger partial charge in [0.1, 0.15) is 11.9 Å². The van der Waals surface area contributed by atoms with Gasteiger partial charge in [0.05, 0.1) is 24.5 Å². The summed E-state index contributed by atoms with van der Waals surface area (Å²) in [5.74, 6) is -0.279.